The molecule has 192 valence electrons. The van der Waals surface area contributed by atoms with E-state index < -0.39 is 17.2 Å². The van der Waals surface area contributed by atoms with Crippen molar-refractivity contribution in [1.29, 1.82) is 0 Å². The van der Waals surface area contributed by atoms with E-state index in [-0.39, 0.29) is 24.9 Å². The minimum absolute atomic E-state index is 0.179. The summed E-state index contributed by atoms with van der Waals surface area (Å²) in [5, 5.41) is 4.68. The van der Waals surface area contributed by atoms with Gasteiger partial charge in [-0.15, -0.1) is 0 Å². The first-order chi connectivity index (χ1) is 17.9. The number of halogens is 2. The highest BCUT2D eigenvalue weighted by Gasteiger charge is 2.32. The van der Waals surface area contributed by atoms with Gasteiger partial charge in [-0.2, -0.15) is 5.10 Å². The van der Waals surface area contributed by atoms with E-state index in [0.29, 0.717) is 44.5 Å². The van der Waals surface area contributed by atoms with Crippen molar-refractivity contribution in [2.75, 3.05) is 17.5 Å². The van der Waals surface area contributed by atoms with E-state index in [1.54, 1.807) is 54.3 Å². The van der Waals surface area contributed by atoms with E-state index in [2.05, 4.69) is 26.0 Å². The maximum Gasteiger partial charge on any atom is 0.342 e. The quantitative estimate of drug-likeness (QED) is 0.204. The molecule has 1 fully saturated rings. The second kappa shape index (κ2) is 10.7. The van der Waals surface area contributed by atoms with Crippen molar-refractivity contribution in [2.24, 2.45) is 0 Å². The van der Waals surface area contributed by atoms with Gasteiger partial charge in [-0.1, -0.05) is 6.07 Å². The predicted octanol–water partition coefficient (Wildman–Crippen LogP) is 5.54. The lowest BCUT2D eigenvalue weighted by atomic mass is 10.0. The Morgan fingerprint density at radius 2 is 2.03 bits per heavy atom. The molecule has 4 aromatic rings. The summed E-state index contributed by atoms with van der Waals surface area (Å²) in [5.41, 5.74) is 4.17. The number of pyridine rings is 2. The Morgan fingerprint density at radius 3 is 2.68 bits per heavy atom. The Morgan fingerprint density at radius 1 is 1.27 bits per heavy atom. The molecule has 11 heteroatoms. The lowest BCUT2D eigenvalue weighted by Crippen LogP contribution is -2.29. The number of benzene rings is 1. The number of hydrogen-bond acceptors (Lipinski definition) is 5. The number of nitrogens with zero attached hydrogens (tertiary/aromatic N) is 4. The van der Waals surface area contributed by atoms with Crippen LogP contribution in [-0.4, -0.2) is 42.5 Å². The van der Waals surface area contributed by atoms with Crippen molar-refractivity contribution in [3.8, 4) is 11.3 Å². The molecule has 0 radical (unpaired) electrons. The molecule has 3 aromatic heterocycles. The molecule has 0 saturated heterocycles. The van der Waals surface area contributed by atoms with E-state index in [1.165, 1.54) is 10.4 Å². The Hall–Kier alpha value is -3.15. The highest BCUT2D eigenvalue weighted by Crippen LogP contribution is 2.46. The number of hydrogen-bond donors (Lipinski definition) is 1. The van der Waals surface area contributed by atoms with Crippen molar-refractivity contribution >= 4 is 44.4 Å². The van der Waals surface area contributed by atoms with E-state index in [0.717, 1.165) is 18.4 Å². The number of esters is 1. The van der Waals surface area contributed by atoms with Crippen LogP contribution in [0.1, 0.15) is 47.2 Å². The Labute approximate surface area is 224 Å². The van der Waals surface area contributed by atoms with Gasteiger partial charge in [-0.25, -0.2) is 17.9 Å². The highest BCUT2D eigenvalue weighted by atomic mass is 79.9. The van der Waals surface area contributed by atoms with Crippen molar-refractivity contribution in [1.82, 2.24) is 14.6 Å². The van der Waals surface area contributed by atoms with Gasteiger partial charge in [-0.05, 0) is 89.5 Å². The van der Waals surface area contributed by atoms with Crippen LogP contribution in [0, 0.1) is 5.82 Å². The summed E-state index contributed by atoms with van der Waals surface area (Å²) in [6.45, 7) is 2.14. The van der Waals surface area contributed by atoms with Crippen LogP contribution in [0.15, 0.2) is 59.5 Å². The fourth-order valence-electron chi connectivity index (χ4n) is 4.35. The number of carbonyl (C=O) groups excluding carboxylic acids is 1. The molecule has 37 heavy (non-hydrogen) atoms. The van der Waals surface area contributed by atoms with E-state index >= 15 is 0 Å². The molecule has 1 atom stereocenters. The molecule has 5 rings (SSSR count). The first-order valence-electron chi connectivity index (χ1n) is 11.8. The molecule has 1 unspecified atom stereocenters. The topological polar surface area (TPSA) is 97.0 Å². The van der Waals surface area contributed by atoms with Gasteiger partial charge in [-0.3, -0.25) is 13.8 Å². The summed E-state index contributed by atoms with van der Waals surface area (Å²) in [7, 11) is 0. The molecule has 1 aromatic carbocycles. The van der Waals surface area contributed by atoms with Crippen LogP contribution in [0.2, 0.25) is 0 Å². The molecule has 0 spiro atoms. The number of anilines is 1. The third-order valence-corrected chi connectivity index (χ3v) is 7.67. The Kier molecular flexibility index (Phi) is 7.36. The predicted molar refractivity (Wildman–Crippen MR) is 142 cm³/mol. The lowest BCUT2D eigenvalue weighted by molar-refractivity contribution is 0.0529. The Bertz CT molecular complexity index is 1490. The molecule has 1 N–H and O–H groups in total. The SMILES string of the molecule is CCOC(=O)c1c(-c2ccncc2)nn2cc(N(CCc3ccc(Br)c(F)c3)S(=O)O)c(C3CC3)cc12. The van der Waals surface area contributed by atoms with Crippen molar-refractivity contribution in [3.63, 3.8) is 0 Å². The van der Waals surface area contributed by atoms with Crippen LogP contribution in [0.4, 0.5) is 10.1 Å². The van der Waals surface area contributed by atoms with Gasteiger partial charge in [0.1, 0.15) is 17.1 Å². The number of carbonyl (C=O) groups is 1. The van der Waals surface area contributed by atoms with E-state index in [1.807, 2.05) is 6.07 Å². The number of aromatic nitrogens is 3. The van der Waals surface area contributed by atoms with Gasteiger partial charge in [0.05, 0.1) is 28.5 Å². The largest absolute Gasteiger partial charge is 0.462 e. The standard InChI is InChI=1S/C26H24BrFN4O4S/c1-2-36-26(33)24-22-14-19(17-4-5-17)23(15-31(22)30-25(24)18-7-10-29-11-8-18)32(37(34)35)12-9-16-3-6-20(27)21(28)13-16/h3,6-8,10-11,13-15,17H,2,4-5,9,12H2,1H3,(H,34,35). The van der Waals surface area contributed by atoms with Gasteiger partial charge < -0.3 is 4.74 Å². The molecule has 0 amide bonds. The average Bonchev–Trinajstić information content (AvgIpc) is 3.66. The van der Waals surface area contributed by atoms with Gasteiger partial charge in [0.2, 0.25) is 0 Å². The van der Waals surface area contributed by atoms with Gasteiger partial charge in [0.25, 0.3) is 11.3 Å². The molecule has 8 nitrogen and oxygen atoms in total. The minimum atomic E-state index is -2.34. The molecule has 1 aliphatic carbocycles. The summed E-state index contributed by atoms with van der Waals surface area (Å²) in [6, 6.07) is 10.2. The second-order valence-corrected chi connectivity index (χ2v) is 10.5. The van der Waals surface area contributed by atoms with E-state index in [4.69, 9.17) is 4.74 Å². The minimum Gasteiger partial charge on any atom is -0.462 e. The molecule has 0 bridgehead atoms. The maximum atomic E-state index is 14.0. The zero-order chi connectivity index (χ0) is 26.1. The third-order valence-electron chi connectivity index (χ3n) is 6.28. The first-order valence-corrected chi connectivity index (χ1v) is 13.7. The summed E-state index contributed by atoms with van der Waals surface area (Å²) in [5.74, 6) is -0.676. The molecular weight excluding hydrogens is 563 g/mol. The molecule has 1 saturated carbocycles. The molecular formula is C26H24BrFN4O4S. The van der Waals surface area contributed by atoms with Crippen LogP contribution in [-0.2, 0) is 22.4 Å². The molecule has 1 aliphatic rings. The highest BCUT2D eigenvalue weighted by molar-refractivity contribution is 9.10. The zero-order valence-corrected chi connectivity index (χ0v) is 22.3. The summed E-state index contributed by atoms with van der Waals surface area (Å²) >= 11 is 0.812. The molecule has 0 aliphatic heterocycles. The second-order valence-electron chi connectivity index (χ2n) is 8.73. The normalized spacial score (nSPS) is 14.1. The summed E-state index contributed by atoms with van der Waals surface area (Å²) in [4.78, 5) is 17.1. The summed E-state index contributed by atoms with van der Waals surface area (Å²) in [6.07, 6.45) is 7.16. The smallest absolute Gasteiger partial charge is 0.342 e. The van der Waals surface area contributed by atoms with Crippen molar-refractivity contribution in [3.05, 3.63) is 82.0 Å². The average molecular weight is 587 g/mol. The third kappa shape index (κ3) is 5.29. The van der Waals surface area contributed by atoms with Crippen LogP contribution >= 0.6 is 15.9 Å². The van der Waals surface area contributed by atoms with Crippen LogP contribution in [0.3, 0.4) is 0 Å². The molecule has 3 heterocycles. The van der Waals surface area contributed by atoms with Crippen molar-refractivity contribution < 1.29 is 22.7 Å². The monoisotopic (exact) mass is 586 g/mol. The maximum absolute atomic E-state index is 14.0. The van der Waals surface area contributed by atoms with E-state index in [9.17, 15) is 17.9 Å². The lowest BCUT2D eigenvalue weighted by Gasteiger charge is -2.23. The van der Waals surface area contributed by atoms with Crippen LogP contribution < -0.4 is 4.31 Å². The zero-order valence-electron chi connectivity index (χ0n) is 19.9. The number of rotatable bonds is 9. The van der Waals surface area contributed by atoms with Crippen LogP contribution in [0.25, 0.3) is 16.8 Å². The fourth-order valence-corrected chi connectivity index (χ4v) is 5.17. The van der Waals surface area contributed by atoms with Gasteiger partial charge >= 0.3 is 5.97 Å². The van der Waals surface area contributed by atoms with Gasteiger partial charge in [0.15, 0.2) is 0 Å². The van der Waals surface area contributed by atoms with Crippen molar-refractivity contribution in [2.45, 2.75) is 32.1 Å². The number of fused-ring (bicyclic) bond motifs is 1. The van der Waals surface area contributed by atoms with Gasteiger partial charge in [0, 0.05) is 24.5 Å². The first kappa shape index (κ1) is 25.5. The number of ether oxygens (including phenoxy) is 1. The van der Waals surface area contributed by atoms with Crippen LogP contribution in [0.5, 0.6) is 0 Å². The fraction of sp³-hybridized carbons (Fsp3) is 0.269. The summed E-state index contributed by atoms with van der Waals surface area (Å²) < 4.78 is 45.4. The Balaban J connectivity index is 1.61.